The number of hydrogen-bond acceptors (Lipinski definition) is 5. The molecule has 0 aliphatic heterocycles. The number of fused-ring (bicyclic) bond motifs is 1. The van der Waals surface area contributed by atoms with Gasteiger partial charge in [-0.05, 0) is 42.0 Å². The van der Waals surface area contributed by atoms with Crippen LogP contribution in [0, 0.1) is 0 Å². The lowest BCUT2D eigenvalue weighted by molar-refractivity contribution is 0.463. The normalized spacial score (nSPS) is 11.0. The van der Waals surface area contributed by atoms with E-state index in [0.717, 1.165) is 16.6 Å². The predicted molar refractivity (Wildman–Crippen MR) is 103 cm³/mol. The standard InChI is InChI=1S/C19H16ClN5O/c20-13-3-8-18(23-10-13)26-15-5-1-12(2-6-15)11-25-17-9-14(21)4-7-16(17)24-19(25)22/h1-10H,11,21H2,(H2,22,24). The molecule has 0 saturated heterocycles. The second-order valence-corrected chi connectivity index (χ2v) is 6.30. The highest BCUT2D eigenvalue weighted by Crippen LogP contribution is 2.24. The molecule has 0 aliphatic carbocycles. The molecule has 0 aliphatic rings. The van der Waals surface area contributed by atoms with Gasteiger partial charge in [-0.1, -0.05) is 23.7 Å². The van der Waals surface area contributed by atoms with Crippen LogP contribution in [0.2, 0.25) is 5.02 Å². The molecule has 0 saturated carbocycles. The summed E-state index contributed by atoms with van der Waals surface area (Å²) in [4.78, 5) is 8.49. The van der Waals surface area contributed by atoms with Gasteiger partial charge in [-0.25, -0.2) is 9.97 Å². The zero-order valence-corrected chi connectivity index (χ0v) is 14.5. The third-order valence-corrected chi connectivity index (χ3v) is 4.21. The molecule has 4 N–H and O–H groups in total. The number of ether oxygens (including phenoxy) is 1. The van der Waals surface area contributed by atoms with Crippen molar-refractivity contribution in [2.24, 2.45) is 0 Å². The highest BCUT2D eigenvalue weighted by Gasteiger charge is 2.09. The summed E-state index contributed by atoms with van der Waals surface area (Å²) in [5, 5.41) is 0.568. The van der Waals surface area contributed by atoms with Crippen LogP contribution in [0.25, 0.3) is 11.0 Å². The summed E-state index contributed by atoms with van der Waals surface area (Å²) in [7, 11) is 0. The van der Waals surface area contributed by atoms with Crippen molar-refractivity contribution in [1.82, 2.24) is 14.5 Å². The van der Waals surface area contributed by atoms with Gasteiger partial charge in [-0.3, -0.25) is 0 Å². The third-order valence-electron chi connectivity index (χ3n) is 3.99. The van der Waals surface area contributed by atoms with Crippen LogP contribution in [0.5, 0.6) is 11.6 Å². The maximum atomic E-state index is 6.06. The van der Waals surface area contributed by atoms with Gasteiger partial charge in [0.25, 0.3) is 0 Å². The molecule has 130 valence electrons. The van der Waals surface area contributed by atoms with Crippen LogP contribution < -0.4 is 16.2 Å². The van der Waals surface area contributed by atoms with Gasteiger partial charge in [0, 0.05) is 18.0 Å². The first-order valence-electron chi connectivity index (χ1n) is 7.98. The number of nitrogens with two attached hydrogens (primary N) is 2. The number of nitrogens with zero attached hydrogens (tertiary/aromatic N) is 3. The maximum Gasteiger partial charge on any atom is 0.219 e. The summed E-state index contributed by atoms with van der Waals surface area (Å²) < 4.78 is 7.64. The second-order valence-electron chi connectivity index (χ2n) is 5.86. The summed E-state index contributed by atoms with van der Waals surface area (Å²) in [5.41, 5.74) is 15.4. The number of halogens is 1. The molecule has 4 rings (SSSR count). The Kier molecular flexibility index (Phi) is 4.10. The van der Waals surface area contributed by atoms with Gasteiger partial charge in [0.1, 0.15) is 5.75 Å². The van der Waals surface area contributed by atoms with Crippen molar-refractivity contribution in [2.75, 3.05) is 11.5 Å². The minimum Gasteiger partial charge on any atom is -0.439 e. The zero-order chi connectivity index (χ0) is 18.1. The quantitative estimate of drug-likeness (QED) is 0.531. The number of imidazole rings is 1. The summed E-state index contributed by atoms with van der Waals surface area (Å²) in [5.74, 6) is 1.63. The van der Waals surface area contributed by atoms with E-state index in [0.29, 0.717) is 34.8 Å². The molecule has 7 heteroatoms. The summed E-state index contributed by atoms with van der Waals surface area (Å²) >= 11 is 5.82. The van der Waals surface area contributed by atoms with E-state index >= 15 is 0 Å². The van der Waals surface area contributed by atoms with E-state index in [-0.39, 0.29) is 0 Å². The maximum absolute atomic E-state index is 6.06. The minimum atomic E-state index is 0.455. The van der Waals surface area contributed by atoms with Gasteiger partial charge in [0.2, 0.25) is 11.8 Å². The molecule has 26 heavy (non-hydrogen) atoms. The number of anilines is 2. The highest BCUT2D eigenvalue weighted by atomic mass is 35.5. The van der Waals surface area contributed by atoms with Crippen molar-refractivity contribution in [3.8, 4) is 11.6 Å². The zero-order valence-electron chi connectivity index (χ0n) is 13.8. The Balaban J connectivity index is 1.55. The smallest absolute Gasteiger partial charge is 0.219 e. The number of aromatic nitrogens is 3. The van der Waals surface area contributed by atoms with Gasteiger partial charge in [-0.15, -0.1) is 0 Å². The van der Waals surface area contributed by atoms with E-state index in [1.807, 2.05) is 47.0 Å². The second kappa shape index (κ2) is 6.57. The molecule has 2 aromatic carbocycles. The Morgan fingerprint density at radius 1 is 1.00 bits per heavy atom. The fourth-order valence-electron chi connectivity index (χ4n) is 2.71. The van der Waals surface area contributed by atoms with Gasteiger partial charge >= 0.3 is 0 Å². The first-order chi connectivity index (χ1) is 12.6. The van der Waals surface area contributed by atoms with E-state index in [4.69, 9.17) is 27.8 Å². The molecule has 0 spiro atoms. The molecule has 0 unspecified atom stereocenters. The summed E-state index contributed by atoms with van der Waals surface area (Å²) in [6.07, 6.45) is 1.55. The van der Waals surface area contributed by atoms with Crippen molar-refractivity contribution < 1.29 is 4.74 Å². The van der Waals surface area contributed by atoms with Gasteiger partial charge in [0.15, 0.2) is 0 Å². The largest absolute Gasteiger partial charge is 0.439 e. The van der Waals surface area contributed by atoms with Crippen molar-refractivity contribution >= 4 is 34.3 Å². The lowest BCUT2D eigenvalue weighted by Gasteiger charge is -2.09. The topological polar surface area (TPSA) is 92.0 Å². The molecular weight excluding hydrogens is 350 g/mol. The number of benzene rings is 2. The molecule has 4 aromatic rings. The van der Waals surface area contributed by atoms with Crippen LogP contribution in [0.15, 0.2) is 60.8 Å². The Morgan fingerprint density at radius 3 is 2.54 bits per heavy atom. The average Bonchev–Trinajstić information content (AvgIpc) is 2.94. The van der Waals surface area contributed by atoms with Crippen LogP contribution >= 0.6 is 11.6 Å². The number of pyridine rings is 1. The molecule has 0 radical (unpaired) electrons. The van der Waals surface area contributed by atoms with Crippen molar-refractivity contribution in [2.45, 2.75) is 6.54 Å². The molecular formula is C19H16ClN5O. The van der Waals surface area contributed by atoms with Gasteiger partial charge in [-0.2, -0.15) is 0 Å². The molecule has 6 nitrogen and oxygen atoms in total. The van der Waals surface area contributed by atoms with Crippen LogP contribution in [0.4, 0.5) is 11.6 Å². The van der Waals surface area contributed by atoms with Gasteiger partial charge in [0.05, 0.1) is 22.6 Å². The summed E-state index contributed by atoms with van der Waals surface area (Å²) in [6, 6.07) is 16.7. The van der Waals surface area contributed by atoms with Crippen molar-refractivity contribution in [3.05, 3.63) is 71.4 Å². The van der Waals surface area contributed by atoms with E-state index in [9.17, 15) is 0 Å². The number of hydrogen-bond donors (Lipinski definition) is 2. The SMILES string of the molecule is Nc1ccc2nc(N)n(Cc3ccc(Oc4ccc(Cl)cn4)cc3)c2c1. The molecule has 2 heterocycles. The lowest BCUT2D eigenvalue weighted by Crippen LogP contribution is -2.04. The third kappa shape index (κ3) is 3.27. The monoisotopic (exact) mass is 365 g/mol. The van der Waals surface area contributed by atoms with Gasteiger partial charge < -0.3 is 20.8 Å². The van der Waals surface area contributed by atoms with Crippen LogP contribution in [-0.4, -0.2) is 14.5 Å². The molecule has 0 bridgehead atoms. The number of rotatable bonds is 4. The molecule has 0 fully saturated rings. The highest BCUT2D eigenvalue weighted by molar-refractivity contribution is 6.30. The first kappa shape index (κ1) is 16.2. The van der Waals surface area contributed by atoms with E-state index in [1.54, 1.807) is 18.3 Å². The Morgan fingerprint density at radius 2 is 1.81 bits per heavy atom. The molecule has 2 aromatic heterocycles. The number of nitrogen functional groups attached to an aromatic ring is 2. The average molecular weight is 366 g/mol. The fraction of sp³-hybridized carbons (Fsp3) is 0.0526. The summed E-state index contributed by atoms with van der Waals surface area (Å²) in [6.45, 7) is 0.589. The van der Waals surface area contributed by atoms with Crippen molar-refractivity contribution in [3.63, 3.8) is 0 Å². The van der Waals surface area contributed by atoms with Crippen LogP contribution in [0.3, 0.4) is 0 Å². The Bertz CT molecular complexity index is 1060. The Hall–Kier alpha value is -3.25. The lowest BCUT2D eigenvalue weighted by atomic mass is 10.2. The predicted octanol–water partition coefficient (Wildman–Crippen LogP) is 4.09. The first-order valence-corrected chi connectivity index (χ1v) is 8.36. The van der Waals surface area contributed by atoms with Crippen molar-refractivity contribution in [1.29, 1.82) is 0 Å². The Labute approximate surface area is 155 Å². The van der Waals surface area contributed by atoms with E-state index in [2.05, 4.69) is 9.97 Å². The van der Waals surface area contributed by atoms with E-state index in [1.165, 1.54) is 0 Å². The molecule has 0 amide bonds. The molecule has 0 atom stereocenters. The van der Waals surface area contributed by atoms with Crippen LogP contribution in [-0.2, 0) is 6.54 Å². The van der Waals surface area contributed by atoms with Crippen LogP contribution in [0.1, 0.15) is 5.56 Å². The fourth-order valence-corrected chi connectivity index (χ4v) is 2.83. The minimum absolute atomic E-state index is 0.455. The van der Waals surface area contributed by atoms with E-state index < -0.39 is 0 Å².